The van der Waals surface area contributed by atoms with Crippen LogP contribution in [0, 0.1) is 5.82 Å². The largest absolute Gasteiger partial charge is 0.485 e. The Kier molecular flexibility index (Phi) is 2.83. The Labute approximate surface area is 109 Å². The van der Waals surface area contributed by atoms with E-state index in [1.165, 1.54) is 12.1 Å². The van der Waals surface area contributed by atoms with Crippen LogP contribution in [-0.4, -0.2) is 18.1 Å². The molecule has 1 aliphatic rings. The minimum Gasteiger partial charge on any atom is -0.485 e. The lowest BCUT2D eigenvalue weighted by Crippen LogP contribution is -2.19. The molecule has 0 fully saturated rings. The third-order valence-corrected chi connectivity index (χ3v) is 2.69. The van der Waals surface area contributed by atoms with Gasteiger partial charge in [0.15, 0.2) is 23.1 Å². The Bertz CT molecular complexity index is 619. The molecule has 0 radical (unpaired) electrons. The van der Waals surface area contributed by atoms with Crippen LogP contribution < -0.4 is 20.5 Å². The molecular weight excluding hydrogens is 249 g/mol. The molecule has 6 heteroatoms. The summed E-state index contributed by atoms with van der Waals surface area (Å²) in [6, 6.07) is 5.89. The molecule has 1 aliphatic heterocycles. The number of hydrogen-bond acceptors (Lipinski definition) is 5. The van der Waals surface area contributed by atoms with Gasteiger partial charge in [0.05, 0.1) is 6.54 Å². The molecule has 3 rings (SSSR count). The van der Waals surface area contributed by atoms with E-state index in [1.54, 1.807) is 18.3 Å². The van der Waals surface area contributed by atoms with Crippen molar-refractivity contribution in [3.05, 3.63) is 36.3 Å². The quantitative estimate of drug-likeness (QED) is 0.812. The minimum atomic E-state index is -0.519. The molecule has 0 saturated carbocycles. The van der Waals surface area contributed by atoms with Crippen LogP contribution in [-0.2, 0) is 0 Å². The van der Waals surface area contributed by atoms with E-state index in [0.717, 1.165) is 0 Å². The van der Waals surface area contributed by atoms with Crippen molar-refractivity contribution in [1.82, 2.24) is 4.98 Å². The van der Waals surface area contributed by atoms with Gasteiger partial charge in [0.25, 0.3) is 0 Å². The fourth-order valence-corrected chi connectivity index (χ4v) is 1.82. The lowest BCUT2D eigenvalue weighted by molar-refractivity contribution is 0.302. The van der Waals surface area contributed by atoms with Gasteiger partial charge in [-0.3, -0.25) is 0 Å². The zero-order valence-electron chi connectivity index (χ0n) is 10.0. The monoisotopic (exact) mass is 261 g/mol. The van der Waals surface area contributed by atoms with Gasteiger partial charge in [0.2, 0.25) is 5.75 Å². The number of nitrogens with zero attached hydrogens (tertiary/aromatic N) is 1. The van der Waals surface area contributed by atoms with E-state index in [0.29, 0.717) is 36.2 Å². The highest BCUT2D eigenvalue weighted by molar-refractivity contribution is 5.60. The maximum atomic E-state index is 13.7. The smallest absolute Gasteiger partial charge is 0.204 e. The van der Waals surface area contributed by atoms with Gasteiger partial charge in [-0.25, -0.2) is 9.37 Å². The topological polar surface area (TPSA) is 69.4 Å². The molecule has 0 unspecified atom stereocenters. The first kappa shape index (κ1) is 11.6. The van der Waals surface area contributed by atoms with E-state index in [9.17, 15) is 4.39 Å². The van der Waals surface area contributed by atoms with Crippen molar-refractivity contribution in [2.45, 2.75) is 0 Å². The van der Waals surface area contributed by atoms with Crippen molar-refractivity contribution in [3.63, 3.8) is 0 Å². The summed E-state index contributed by atoms with van der Waals surface area (Å²) in [4.78, 5) is 4.13. The van der Waals surface area contributed by atoms with Crippen molar-refractivity contribution in [1.29, 1.82) is 0 Å². The number of benzene rings is 1. The number of aromatic nitrogens is 1. The van der Waals surface area contributed by atoms with Gasteiger partial charge in [0, 0.05) is 24.0 Å². The fourth-order valence-electron chi connectivity index (χ4n) is 1.82. The first-order valence-electron chi connectivity index (χ1n) is 5.82. The van der Waals surface area contributed by atoms with Gasteiger partial charge in [0.1, 0.15) is 6.61 Å². The van der Waals surface area contributed by atoms with Crippen LogP contribution in [0.3, 0.4) is 0 Å². The predicted octanol–water partition coefficient (Wildman–Crippen LogP) is 2.40. The molecule has 3 N–H and O–H groups in total. The molecule has 0 atom stereocenters. The Hall–Kier alpha value is -2.50. The predicted molar refractivity (Wildman–Crippen MR) is 69.1 cm³/mol. The van der Waals surface area contributed by atoms with Crippen molar-refractivity contribution < 1.29 is 13.9 Å². The summed E-state index contributed by atoms with van der Waals surface area (Å²) in [6.45, 7) is 1.19. The van der Waals surface area contributed by atoms with Crippen LogP contribution in [0.25, 0.3) is 0 Å². The summed E-state index contributed by atoms with van der Waals surface area (Å²) in [5.74, 6) is 1.08. The maximum Gasteiger partial charge on any atom is 0.204 e. The van der Waals surface area contributed by atoms with Crippen LogP contribution in [0.5, 0.6) is 17.2 Å². The Morgan fingerprint density at radius 3 is 3.05 bits per heavy atom. The third-order valence-electron chi connectivity index (χ3n) is 2.69. The van der Waals surface area contributed by atoms with Crippen molar-refractivity contribution in [2.24, 2.45) is 0 Å². The molecule has 0 bridgehead atoms. The highest BCUT2D eigenvalue weighted by Crippen LogP contribution is 2.38. The summed E-state index contributed by atoms with van der Waals surface area (Å²) < 4.78 is 24.7. The van der Waals surface area contributed by atoms with E-state index in [1.807, 2.05) is 0 Å². The normalized spacial score (nSPS) is 13.1. The Balaban J connectivity index is 1.95. The summed E-state index contributed by atoms with van der Waals surface area (Å²) in [5.41, 5.74) is 5.84. The highest BCUT2D eigenvalue weighted by Gasteiger charge is 2.17. The molecule has 0 spiro atoms. The number of hydrogen-bond donors (Lipinski definition) is 2. The Morgan fingerprint density at radius 2 is 2.21 bits per heavy atom. The number of nitrogens with one attached hydrogen (secondary N) is 1. The van der Waals surface area contributed by atoms with Crippen LogP contribution in [0.4, 0.5) is 15.9 Å². The van der Waals surface area contributed by atoms with Crippen molar-refractivity contribution in [3.8, 4) is 17.2 Å². The SMILES string of the molecule is Nc1ccc(Oc2ccnc3c2OCCN3)c(F)c1. The number of fused-ring (bicyclic) bond motifs is 1. The van der Waals surface area contributed by atoms with Crippen molar-refractivity contribution >= 4 is 11.5 Å². The average Bonchev–Trinajstić information content (AvgIpc) is 2.42. The molecule has 0 saturated heterocycles. The summed E-state index contributed by atoms with van der Waals surface area (Å²) in [6.07, 6.45) is 1.57. The van der Waals surface area contributed by atoms with Gasteiger partial charge in [-0.1, -0.05) is 0 Å². The van der Waals surface area contributed by atoms with E-state index >= 15 is 0 Å². The summed E-state index contributed by atoms with van der Waals surface area (Å²) in [5, 5.41) is 3.08. The standard InChI is InChI=1S/C13H12FN3O2/c14-9-7-8(15)1-2-10(9)19-11-3-4-16-13-12(11)18-6-5-17-13/h1-4,7H,5-6,15H2,(H,16,17). The number of halogens is 1. The zero-order chi connectivity index (χ0) is 13.2. The second-order valence-corrected chi connectivity index (χ2v) is 4.05. The van der Waals surface area contributed by atoms with Gasteiger partial charge in [-0.05, 0) is 12.1 Å². The summed E-state index contributed by atoms with van der Waals surface area (Å²) in [7, 11) is 0. The van der Waals surface area contributed by atoms with Crippen LogP contribution in [0.15, 0.2) is 30.5 Å². The number of anilines is 2. The molecular formula is C13H12FN3O2. The van der Waals surface area contributed by atoms with Crippen LogP contribution >= 0.6 is 0 Å². The molecule has 1 aromatic heterocycles. The maximum absolute atomic E-state index is 13.7. The number of pyridine rings is 1. The average molecular weight is 261 g/mol. The zero-order valence-corrected chi connectivity index (χ0v) is 10.0. The van der Waals surface area contributed by atoms with Crippen LogP contribution in [0.2, 0.25) is 0 Å². The van der Waals surface area contributed by atoms with Gasteiger partial charge < -0.3 is 20.5 Å². The second kappa shape index (κ2) is 4.64. The van der Waals surface area contributed by atoms with E-state index in [4.69, 9.17) is 15.2 Å². The Morgan fingerprint density at radius 1 is 1.32 bits per heavy atom. The number of nitrogen functional groups attached to an aromatic ring is 1. The number of rotatable bonds is 2. The third kappa shape index (κ3) is 2.24. The molecule has 0 aliphatic carbocycles. The molecule has 98 valence electrons. The minimum absolute atomic E-state index is 0.0942. The molecule has 19 heavy (non-hydrogen) atoms. The van der Waals surface area contributed by atoms with Crippen molar-refractivity contribution in [2.75, 3.05) is 24.2 Å². The van der Waals surface area contributed by atoms with Gasteiger partial charge >= 0.3 is 0 Å². The first-order chi connectivity index (χ1) is 9.24. The highest BCUT2D eigenvalue weighted by atomic mass is 19.1. The second-order valence-electron chi connectivity index (χ2n) is 4.05. The number of ether oxygens (including phenoxy) is 2. The van der Waals surface area contributed by atoms with E-state index in [-0.39, 0.29) is 5.75 Å². The molecule has 5 nitrogen and oxygen atoms in total. The van der Waals surface area contributed by atoms with Gasteiger partial charge in [-0.2, -0.15) is 0 Å². The molecule has 2 aromatic rings. The lowest BCUT2D eigenvalue weighted by Gasteiger charge is -2.20. The van der Waals surface area contributed by atoms with Crippen LogP contribution in [0.1, 0.15) is 0 Å². The molecule has 0 amide bonds. The lowest BCUT2D eigenvalue weighted by atomic mass is 10.3. The molecule has 2 heterocycles. The van der Waals surface area contributed by atoms with Gasteiger partial charge in [-0.15, -0.1) is 0 Å². The van der Waals surface area contributed by atoms with E-state index in [2.05, 4.69) is 10.3 Å². The fraction of sp³-hybridized carbons (Fsp3) is 0.154. The summed E-state index contributed by atoms with van der Waals surface area (Å²) >= 11 is 0. The number of nitrogens with two attached hydrogens (primary N) is 1. The molecule has 1 aromatic carbocycles. The van der Waals surface area contributed by atoms with E-state index < -0.39 is 5.82 Å². The first-order valence-corrected chi connectivity index (χ1v) is 5.82.